The molecule has 2 aromatic heterocycles. The van der Waals surface area contributed by atoms with E-state index in [1.54, 1.807) is 11.3 Å². The third-order valence-electron chi connectivity index (χ3n) is 7.27. The van der Waals surface area contributed by atoms with Gasteiger partial charge in [-0.25, -0.2) is 9.78 Å². The molecule has 0 radical (unpaired) electrons. The summed E-state index contributed by atoms with van der Waals surface area (Å²) in [6, 6.07) is 7.12. The van der Waals surface area contributed by atoms with Crippen LogP contribution in [0.5, 0.6) is 5.75 Å². The Kier molecular flexibility index (Phi) is 5.28. The minimum atomic E-state index is -0.470. The smallest absolute Gasteiger partial charge is 0.410 e. The number of H-pyrrole nitrogens is 1. The number of hydrogen-bond donors (Lipinski definition) is 1. The summed E-state index contributed by atoms with van der Waals surface area (Å²) in [5.41, 5.74) is 3.74. The summed E-state index contributed by atoms with van der Waals surface area (Å²) >= 11 is 1.73. The van der Waals surface area contributed by atoms with Gasteiger partial charge in [-0.15, -0.1) is 0 Å². The average Bonchev–Trinajstić information content (AvgIpc) is 3.55. The molecule has 1 N–H and O–H groups in total. The molecular formula is C26H31N5O3S. The van der Waals surface area contributed by atoms with Crippen molar-refractivity contribution in [2.45, 2.75) is 76.8 Å². The van der Waals surface area contributed by atoms with E-state index >= 15 is 0 Å². The molecule has 3 aliphatic heterocycles. The minimum Gasteiger partial charge on any atom is -0.487 e. The van der Waals surface area contributed by atoms with E-state index in [4.69, 9.17) is 14.5 Å². The second-order valence-electron chi connectivity index (χ2n) is 10.8. The summed E-state index contributed by atoms with van der Waals surface area (Å²) < 4.78 is 11.8. The number of ether oxygens (including phenoxy) is 2. The standard InChI is InChI=1S/C26H31N5O3S/c1-26(2,3)34-25(32)31-17-6-7-18(31)11-19(10-17)30(4)24-29-21-14-33-22-9-15(16-12-27-28-13-16)5-8-20(22)23(21)35-24/h5,8-9,12-13,17-19H,6-7,10-11,14H2,1-4H3,(H,27,28). The molecule has 0 aliphatic carbocycles. The molecule has 3 aromatic rings. The molecule has 1 amide bonds. The van der Waals surface area contributed by atoms with E-state index in [-0.39, 0.29) is 18.2 Å². The highest BCUT2D eigenvalue weighted by atomic mass is 32.1. The number of anilines is 1. The number of amides is 1. The Balaban J connectivity index is 1.20. The van der Waals surface area contributed by atoms with E-state index in [0.29, 0.717) is 12.6 Å². The second-order valence-corrected chi connectivity index (χ2v) is 11.7. The number of fused-ring (bicyclic) bond motifs is 5. The number of piperidine rings is 1. The van der Waals surface area contributed by atoms with Gasteiger partial charge >= 0.3 is 6.09 Å². The van der Waals surface area contributed by atoms with E-state index in [2.05, 4.69) is 40.3 Å². The van der Waals surface area contributed by atoms with Crippen LogP contribution in [0.15, 0.2) is 30.6 Å². The highest BCUT2D eigenvalue weighted by Gasteiger charge is 2.46. The quantitative estimate of drug-likeness (QED) is 0.522. The van der Waals surface area contributed by atoms with Crippen LogP contribution in [0.2, 0.25) is 0 Å². The molecule has 8 nitrogen and oxygen atoms in total. The second kappa shape index (κ2) is 8.26. The maximum atomic E-state index is 12.8. The molecule has 2 saturated heterocycles. The molecule has 2 atom stereocenters. The Hall–Kier alpha value is -3.07. The van der Waals surface area contributed by atoms with Crippen molar-refractivity contribution in [2.75, 3.05) is 11.9 Å². The minimum absolute atomic E-state index is 0.167. The van der Waals surface area contributed by atoms with Gasteiger partial charge in [0.1, 0.15) is 18.0 Å². The SMILES string of the molecule is CN(c1nc2c(s1)-c1ccc(-c3cn[nH]c3)cc1OC2)C1CC2CCC(C1)N2C(=O)OC(C)(C)C. The predicted octanol–water partition coefficient (Wildman–Crippen LogP) is 5.46. The van der Waals surface area contributed by atoms with Gasteiger partial charge in [0.2, 0.25) is 0 Å². The largest absolute Gasteiger partial charge is 0.487 e. The summed E-state index contributed by atoms with van der Waals surface area (Å²) in [5.74, 6) is 0.887. The third-order valence-corrected chi connectivity index (χ3v) is 8.49. The summed E-state index contributed by atoms with van der Waals surface area (Å²) in [6.07, 6.45) is 7.51. The van der Waals surface area contributed by atoms with Crippen LogP contribution < -0.4 is 9.64 Å². The lowest BCUT2D eigenvalue weighted by molar-refractivity contribution is 0.00599. The van der Waals surface area contributed by atoms with Crippen molar-refractivity contribution in [3.05, 3.63) is 36.3 Å². The summed E-state index contributed by atoms with van der Waals surface area (Å²) in [7, 11) is 2.14. The molecule has 3 aliphatic rings. The van der Waals surface area contributed by atoms with E-state index in [9.17, 15) is 4.79 Å². The van der Waals surface area contributed by atoms with Crippen molar-refractivity contribution in [3.63, 3.8) is 0 Å². The van der Waals surface area contributed by atoms with Crippen LogP contribution >= 0.6 is 11.3 Å². The Bertz CT molecular complexity index is 1230. The van der Waals surface area contributed by atoms with E-state index in [1.807, 2.05) is 38.1 Å². The van der Waals surface area contributed by atoms with Gasteiger partial charge in [-0.2, -0.15) is 5.10 Å². The summed E-state index contributed by atoms with van der Waals surface area (Å²) in [6.45, 7) is 6.26. The van der Waals surface area contributed by atoms with Crippen LogP contribution in [0.1, 0.15) is 52.1 Å². The number of carbonyl (C=O) groups excluding carboxylic acids is 1. The maximum Gasteiger partial charge on any atom is 0.410 e. The van der Waals surface area contributed by atoms with Crippen LogP contribution in [0.4, 0.5) is 9.93 Å². The fourth-order valence-electron chi connectivity index (χ4n) is 5.60. The Morgan fingerprint density at radius 3 is 2.69 bits per heavy atom. The van der Waals surface area contributed by atoms with E-state index in [1.165, 1.54) is 4.88 Å². The molecular weight excluding hydrogens is 462 g/mol. The summed E-state index contributed by atoms with van der Waals surface area (Å²) in [5, 5.41) is 7.93. The number of aromatic nitrogens is 3. The van der Waals surface area contributed by atoms with Crippen molar-refractivity contribution in [1.29, 1.82) is 0 Å². The van der Waals surface area contributed by atoms with Gasteiger partial charge < -0.3 is 19.3 Å². The van der Waals surface area contributed by atoms with Crippen LogP contribution in [0.3, 0.4) is 0 Å². The van der Waals surface area contributed by atoms with Crippen molar-refractivity contribution in [3.8, 4) is 27.3 Å². The zero-order valence-electron chi connectivity index (χ0n) is 20.6. The number of nitrogens with zero attached hydrogens (tertiary/aromatic N) is 4. The highest BCUT2D eigenvalue weighted by molar-refractivity contribution is 7.19. The zero-order chi connectivity index (χ0) is 24.3. The Morgan fingerprint density at radius 2 is 2.00 bits per heavy atom. The molecule has 2 fully saturated rings. The monoisotopic (exact) mass is 493 g/mol. The van der Waals surface area contributed by atoms with Gasteiger partial charge in [-0.3, -0.25) is 5.10 Å². The topological polar surface area (TPSA) is 83.6 Å². The van der Waals surface area contributed by atoms with Gasteiger partial charge in [0.15, 0.2) is 5.13 Å². The summed E-state index contributed by atoms with van der Waals surface area (Å²) in [4.78, 5) is 23.3. The predicted molar refractivity (Wildman–Crippen MR) is 136 cm³/mol. The lowest BCUT2D eigenvalue weighted by Gasteiger charge is -2.42. The van der Waals surface area contributed by atoms with Crippen molar-refractivity contribution < 1.29 is 14.3 Å². The lowest BCUT2D eigenvalue weighted by Crippen LogP contribution is -2.53. The number of nitrogens with one attached hydrogen (secondary N) is 1. The average molecular weight is 494 g/mol. The van der Waals surface area contributed by atoms with Gasteiger partial charge in [0.25, 0.3) is 0 Å². The van der Waals surface area contributed by atoms with E-state index in [0.717, 1.165) is 58.9 Å². The normalized spacial score (nSPS) is 22.9. The van der Waals surface area contributed by atoms with Crippen LogP contribution in [-0.2, 0) is 11.3 Å². The molecule has 184 valence electrons. The van der Waals surface area contributed by atoms with Gasteiger partial charge in [0, 0.05) is 42.5 Å². The lowest BCUT2D eigenvalue weighted by atomic mass is 9.97. The third kappa shape index (κ3) is 4.05. The fraction of sp³-hybridized carbons (Fsp3) is 0.500. The number of benzene rings is 1. The zero-order valence-corrected chi connectivity index (χ0v) is 21.4. The number of hydrogen-bond acceptors (Lipinski definition) is 7. The van der Waals surface area contributed by atoms with Crippen LogP contribution in [-0.4, -0.2) is 56.9 Å². The maximum absolute atomic E-state index is 12.8. The van der Waals surface area contributed by atoms with Crippen molar-refractivity contribution in [2.24, 2.45) is 0 Å². The first-order valence-electron chi connectivity index (χ1n) is 12.3. The molecule has 5 heterocycles. The molecule has 1 aromatic carbocycles. The van der Waals surface area contributed by atoms with Crippen molar-refractivity contribution >= 4 is 22.6 Å². The van der Waals surface area contributed by atoms with Gasteiger partial charge in [0.05, 0.1) is 16.8 Å². The molecule has 6 rings (SSSR count). The molecule has 0 saturated carbocycles. The van der Waals surface area contributed by atoms with Crippen LogP contribution in [0.25, 0.3) is 21.6 Å². The molecule has 35 heavy (non-hydrogen) atoms. The first-order chi connectivity index (χ1) is 16.8. The highest BCUT2D eigenvalue weighted by Crippen LogP contribution is 2.46. The van der Waals surface area contributed by atoms with Gasteiger partial charge in [-0.05, 0) is 64.2 Å². The molecule has 2 bridgehead atoms. The number of thiazole rings is 1. The molecule has 9 heteroatoms. The van der Waals surface area contributed by atoms with E-state index < -0.39 is 5.60 Å². The van der Waals surface area contributed by atoms with Crippen molar-refractivity contribution in [1.82, 2.24) is 20.1 Å². The number of carbonyl (C=O) groups is 1. The number of rotatable bonds is 3. The van der Waals surface area contributed by atoms with Crippen LogP contribution in [0, 0.1) is 0 Å². The number of aromatic amines is 1. The first kappa shape index (κ1) is 22.4. The van der Waals surface area contributed by atoms with Gasteiger partial charge in [-0.1, -0.05) is 17.4 Å². The first-order valence-corrected chi connectivity index (χ1v) is 13.1. The Labute approximate surface area is 209 Å². The Morgan fingerprint density at radius 1 is 1.23 bits per heavy atom. The molecule has 2 unspecified atom stereocenters. The fourth-order valence-corrected chi connectivity index (χ4v) is 6.73. The molecule has 0 spiro atoms.